The molecular weight excluding hydrogens is 429 g/mol. The van der Waals surface area contributed by atoms with Crippen molar-refractivity contribution in [1.29, 1.82) is 0 Å². The summed E-state index contributed by atoms with van der Waals surface area (Å²) in [7, 11) is 0. The van der Waals surface area contributed by atoms with E-state index in [-0.39, 0.29) is 6.04 Å². The third-order valence-electron chi connectivity index (χ3n) is 2.88. The van der Waals surface area contributed by atoms with Gasteiger partial charge in [-0.05, 0) is 77.4 Å². The molecule has 0 heterocycles. The van der Waals surface area contributed by atoms with Crippen molar-refractivity contribution in [3.63, 3.8) is 0 Å². The van der Waals surface area contributed by atoms with Gasteiger partial charge in [0.25, 0.3) is 0 Å². The van der Waals surface area contributed by atoms with Gasteiger partial charge in [0, 0.05) is 14.1 Å². The smallest absolute Gasteiger partial charge is 0.120 e. The van der Waals surface area contributed by atoms with Crippen LogP contribution in [-0.4, -0.2) is 6.04 Å². The number of nitrogens with two attached hydrogens (primary N) is 1. The molecule has 2 aromatic carbocycles. The average molecular weight is 446 g/mol. The predicted molar refractivity (Wildman–Crippen MR) is 95.0 cm³/mol. The monoisotopic (exact) mass is 445 g/mol. The zero-order valence-electron chi connectivity index (χ0n) is 11.3. The number of ether oxygens (including phenoxy) is 1. The summed E-state index contributed by atoms with van der Waals surface area (Å²) in [6, 6.07) is 14.5. The lowest BCUT2D eigenvalue weighted by Gasteiger charge is -2.11. The first kappa shape index (κ1) is 15.8. The first-order valence-corrected chi connectivity index (χ1v) is 8.33. The van der Waals surface area contributed by atoms with Crippen LogP contribution >= 0.6 is 38.5 Å². The second-order valence-electron chi connectivity index (χ2n) is 4.85. The summed E-state index contributed by atoms with van der Waals surface area (Å²) in [4.78, 5) is 0. The Morgan fingerprint density at radius 1 is 1.20 bits per heavy atom. The van der Waals surface area contributed by atoms with Crippen LogP contribution in [0.3, 0.4) is 0 Å². The van der Waals surface area contributed by atoms with Gasteiger partial charge in [-0.1, -0.05) is 28.1 Å². The number of rotatable bonds is 5. The molecule has 4 heteroatoms. The maximum Gasteiger partial charge on any atom is 0.120 e. The van der Waals surface area contributed by atoms with Crippen LogP contribution in [0.2, 0.25) is 0 Å². The Morgan fingerprint density at radius 2 is 1.90 bits per heavy atom. The summed E-state index contributed by atoms with van der Waals surface area (Å²) in [6.07, 6.45) is 0.835. The van der Waals surface area contributed by atoms with Crippen molar-refractivity contribution in [2.75, 3.05) is 0 Å². The number of hydrogen-bond acceptors (Lipinski definition) is 2. The van der Waals surface area contributed by atoms with Gasteiger partial charge in [0.05, 0.1) is 0 Å². The lowest BCUT2D eigenvalue weighted by atomic mass is 10.1. The molecule has 0 aliphatic rings. The van der Waals surface area contributed by atoms with E-state index in [0.717, 1.165) is 16.6 Å². The maximum absolute atomic E-state index is 5.86. The van der Waals surface area contributed by atoms with Gasteiger partial charge in [-0.15, -0.1) is 0 Å². The standard InChI is InChI=1S/C16H17BrINO/c1-11(19)8-13-9-15(6-7-16(13)17)20-10-12-2-4-14(18)5-3-12/h2-7,9,11H,8,10,19H2,1H3. The van der Waals surface area contributed by atoms with E-state index in [1.54, 1.807) is 0 Å². The van der Waals surface area contributed by atoms with Crippen molar-refractivity contribution in [3.05, 3.63) is 61.6 Å². The zero-order chi connectivity index (χ0) is 14.5. The van der Waals surface area contributed by atoms with Gasteiger partial charge >= 0.3 is 0 Å². The van der Waals surface area contributed by atoms with E-state index < -0.39 is 0 Å². The fourth-order valence-corrected chi connectivity index (χ4v) is 2.66. The van der Waals surface area contributed by atoms with E-state index in [4.69, 9.17) is 10.5 Å². The highest BCUT2D eigenvalue weighted by Crippen LogP contribution is 2.24. The maximum atomic E-state index is 5.86. The molecule has 0 saturated heterocycles. The van der Waals surface area contributed by atoms with E-state index in [1.165, 1.54) is 14.7 Å². The minimum Gasteiger partial charge on any atom is -0.489 e. The lowest BCUT2D eigenvalue weighted by molar-refractivity contribution is 0.306. The van der Waals surface area contributed by atoms with Crippen molar-refractivity contribution >= 4 is 38.5 Å². The Bertz CT molecular complexity index is 569. The molecule has 20 heavy (non-hydrogen) atoms. The van der Waals surface area contributed by atoms with Gasteiger partial charge in [-0.3, -0.25) is 0 Å². The molecule has 106 valence electrons. The Labute approximate surface area is 142 Å². The molecule has 0 amide bonds. The fourth-order valence-electron chi connectivity index (χ4n) is 1.89. The first-order chi connectivity index (χ1) is 9.54. The molecule has 0 saturated carbocycles. The molecule has 0 fully saturated rings. The highest BCUT2D eigenvalue weighted by atomic mass is 127. The van der Waals surface area contributed by atoms with Crippen LogP contribution in [0.1, 0.15) is 18.1 Å². The summed E-state index contributed by atoms with van der Waals surface area (Å²) < 4.78 is 8.16. The summed E-state index contributed by atoms with van der Waals surface area (Å²) >= 11 is 5.85. The minimum atomic E-state index is 0.137. The molecule has 2 aromatic rings. The van der Waals surface area contributed by atoms with Crippen LogP contribution < -0.4 is 10.5 Å². The van der Waals surface area contributed by atoms with Crippen molar-refractivity contribution in [2.24, 2.45) is 5.73 Å². The van der Waals surface area contributed by atoms with E-state index in [1.807, 2.05) is 19.1 Å². The van der Waals surface area contributed by atoms with Gasteiger partial charge in [-0.25, -0.2) is 0 Å². The largest absolute Gasteiger partial charge is 0.489 e. The highest BCUT2D eigenvalue weighted by molar-refractivity contribution is 14.1. The molecule has 0 bridgehead atoms. The van der Waals surface area contributed by atoms with E-state index >= 15 is 0 Å². The third-order valence-corrected chi connectivity index (χ3v) is 4.37. The van der Waals surface area contributed by atoms with E-state index in [9.17, 15) is 0 Å². The van der Waals surface area contributed by atoms with Crippen LogP contribution in [-0.2, 0) is 13.0 Å². The molecule has 1 unspecified atom stereocenters. The van der Waals surface area contributed by atoms with Gasteiger partial charge in [0.1, 0.15) is 12.4 Å². The van der Waals surface area contributed by atoms with E-state index in [0.29, 0.717) is 6.61 Å². The van der Waals surface area contributed by atoms with E-state index in [2.05, 4.69) is 68.9 Å². The van der Waals surface area contributed by atoms with Crippen LogP contribution in [0.5, 0.6) is 5.75 Å². The lowest BCUT2D eigenvalue weighted by Crippen LogP contribution is -2.18. The zero-order valence-corrected chi connectivity index (χ0v) is 15.0. The molecule has 1 atom stereocenters. The van der Waals surface area contributed by atoms with Crippen molar-refractivity contribution in [1.82, 2.24) is 0 Å². The topological polar surface area (TPSA) is 35.2 Å². The minimum absolute atomic E-state index is 0.137. The second-order valence-corrected chi connectivity index (χ2v) is 6.95. The molecule has 0 aromatic heterocycles. The number of benzene rings is 2. The molecule has 2 N–H and O–H groups in total. The first-order valence-electron chi connectivity index (χ1n) is 6.46. The van der Waals surface area contributed by atoms with Crippen LogP contribution in [0.15, 0.2) is 46.9 Å². The second kappa shape index (κ2) is 7.43. The summed E-state index contributed by atoms with van der Waals surface area (Å²) in [5.41, 5.74) is 8.21. The fraction of sp³-hybridized carbons (Fsp3) is 0.250. The summed E-state index contributed by atoms with van der Waals surface area (Å²) in [5.74, 6) is 0.877. The molecular formula is C16H17BrINO. The Balaban J connectivity index is 2.04. The molecule has 0 aliphatic heterocycles. The van der Waals surface area contributed by atoms with Crippen LogP contribution in [0.25, 0.3) is 0 Å². The Kier molecular flexibility index (Phi) is 5.86. The third kappa shape index (κ3) is 4.75. The predicted octanol–water partition coefficient (Wildman–Crippen LogP) is 4.52. The Hall–Kier alpha value is -0.590. The van der Waals surface area contributed by atoms with Crippen LogP contribution in [0.4, 0.5) is 0 Å². The van der Waals surface area contributed by atoms with Gasteiger partial charge in [-0.2, -0.15) is 0 Å². The summed E-state index contributed by atoms with van der Waals surface area (Å²) in [5, 5.41) is 0. The average Bonchev–Trinajstić information content (AvgIpc) is 2.41. The van der Waals surface area contributed by atoms with Crippen LogP contribution in [0, 0.1) is 3.57 Å². The van der Waals surface area contributed by atoms with Gasteiger partial charge in [0.15, 0.2) is 0 Å². The Morgan fingerprint density at radius 3 is 2.55 bits per heavy atom. The van der Waals surface area contributed by atoms with Crippen molar-refractivity contribution in [3.8, 4) is 5.75 Å². The van der Waals surface area contributed by atoms with Gasteiger partial charge in [0.2, 0.25) is 0 Å². The highest BCUT2D eigenvalue weighted by Gasteiger charge is 2.05. The molecule has 0 spiro atoms. The molecule has 2 rings (SSSR count). The number of halogens is 2. The molecule has 0 radical (unpaired) electrons. The van der Waals surface area contributed by atoms with Crippen molar-refractivity contribution in [2.45, 2.75) is 26.0 Å². The quantitative estimate of drug-likeness (QED) is 0.686. The molecule has 2 nitrogen and oxygen atoms in total. The summed E-state index contributed by atoms with van der Waals surface area (Å²) in [6.45, 7) is 2.59. The normalized spacial score (nSPS) is 12.2. The molecule has 0 aliphatic carbocycles. The van der Waals surface area contributed by atoms with Crippen molar-refractivity contribution < 1.29 is 4.74 Å². The number of hydrogen-bond donors (Lipinski definition) is 1. The van der Waals surface area contributed by atoms with Gasteiger partial charge < -0.3 is 10.5 Å². The SMILES string of the molecule is CC(N)Cc1cc(OCc2ccc(I)cc2)ccc1Br.